The van der Waals surface area contributed by atoms with Crippen molar-refractivity contribution in [1.29, 1.82) is 0 Å². The topological polar surface area (TPSA) is 88.1 Å². The lowest BCUT2D eigenvalue weighted by Crippen LogP contribution is -2.15. The molecule has 9 heteroatoms. The third kappa shape index (κ3) is 13.1. The molecule has 3 aromatic carbocycles. The summed E-state index contributed by atoms with van der Waals surface area (Å²) in [7, 11) is 0. The van der Waals surface area contributed by atoms with Gasteiger partial charge in [0, 0.05) is 0 Å². The summed E-state index contributed by atoms with van der Waals surface area (Å²) in [5.74, 6) is -4.26. The van der Waals surface area contributed by atoms with Crippen LogP contribution in [0.4, 0.5) is 8.78 Å². The van der Waals surface area contributed by atoms with Gasteiger partial charge in [-0.25, -0.2) is 23.2 Å². The van der Waals surface area contributed by atoms with E-state index >= 15 is 0 Å². The first-order valence-electron chi connectivity index (χ1n) is 17.2. The minimum absolute atomic E-state index is 0.0286. The maximum absolute atomic E-state index is 14.8. The Morgan fingerprint density at radius 2 is 1.08 bits per heavy atom. The van der Waals surface area contributed by atoms with Crippen LogP contribution in [-0.4, -0.2) is 30.6 Å². The average Bonchev–Trinajstić information content (AvgIpc) is 3.07. The van der Waals surface area contributed by atoms with Crippen LogP contribution in [0.15, 0.2) is 60.7 Å². The highest BCUT2D eigenvalue weighted by atomic mass is 19.1. The summed E-state index contributed by atoms with van der Waals surface area (Å²) in [6.07, 6.45) is 14.0. The number of ether oxygens (including phenoxy) is 4. The van der Waals surface area contributed by atoms with Crippen LogP contribution in [0, 0.1) is 11.6 Å². The highest BCUT2D eigenvalue weighted by Crippen LogP contribution is 2.24. The molecule has 0 aliphatic carbocycles. The summed E-state index contributed by atoms with van der Waals surface area (Å²) in [4.78, 5) is 37.7. The van der Waals surface area contributed by atoms with Crippen LogP contribution in [0.5, 0.6) is 17.2 Å². The van der Waals surface area contributed by atoms with Crippen LogP contribution in [-0.2, 0) is 4.74 Å². The van der Waals surface area contributed by atoms with E-state index < -0.39 is 35.3 Å². The molecule has 0 radical (unpaired) electrons. The van der Waals surface area contributed by atoms with Gasteiger partial charge in [0.05, 0.1) is 29.4 Å². The van der Waals surface area contributed by atoms with E-state index in [1.165, 1.54) is 74.6 Å². The molecular weight excluding hydrogens is 618 g/mol. The predicted octanol–water partition coefficient (Wildman–Crippen LogP) is 10.4. The number of hydrogen-bond donors (Lipinski definition) is 0. The van der Waals surface area contributed by atoms with E-state index in [1.807, 2.05) is 6.92 Å². The molecule has 3 aromatic rings. The highest BCUT2D eigenvalue weighted by Gasteiger charge is 2.18. The largest absolute Gasteiger partial charge is 0.491 e. The Kier molecular flexibility index (Phi) is 16.6. The molecular formula is C39H48F2O7. The van der Waals surface area contributed by atoms with Crippen LogP contribution < -0.4 is 14.2 Å². The molecule has 0 aliphatic heterocycles. The lowest BCUT2D eigenvalue weighted by atomic mass is 10.1. The second-order valence-corrected chi connectivity index (χ2v) is 12.0. The molecule has 0 saturated heterocycles. The van der Waals surface area contributed by atoms with Gasteiger partial charge in [-0.05, 0) is 86.8 Å². The lowest BCUT2D eigenvalue weighted by Gasteiger charge is -2.13. The molecule has 0 amide bonds. The lowest BCUT2D eigenvalue weighted by molar-refractivity contribution is 0.0319. The Bertz CT molecular complexity index is 1460. The molecule has 0 aromatic heterocycles. The van der Waals surface area contributed by atoms with Gasteiger partial charge in [-0.2, -0.15) is 0 Å². The van der Waals surface area contributed by atoms with Gasteiger partial charge in [-0.1, -0.05) is 78.1 Å². The van der Waals surface area contributed by atoms with Gasteiger partial charge in [0.25, 0.3) is 0 Å². The first kappa shape index (κ1) is 38.2. The first-order chi connectivity index (χ1) is 23.2. The van der Waals surface area contributed by atoms with Gasteiger partial charge in [0.15, 0.2) is 23.1 Å². The average molecular weight is 667 g/mol. The van der Waals surface area contributed by atoms with E-state index in [0.717, 1.165) is 69.6 Å². The highest BCUT2D eigenvalue weighted by molar-refractivity contribution is 5.93. The van der Waals surface area contributed by atoms with E-state index in [2.05, 4.69) is 13.8 Å². The normalized spacial score (nSPS) is 11.5. The van der Waals surface area contributed by atoms with E-state index in [4.69, 9.17) is 18.9 Å². The van der Waals surface area contributed by atoms with Crippen molar-refractivity contribution in [3.05, 3.63) is 89.0 Å². The summed E-state index contributed by atoms with van der Waals surface area (Å²) in [6, 6.07) is 12.8. The monoisotopic (exact) mass is 666 g/mol. The van der Waals surface area contributed by atoms with Crippen molar-refractivity contribution in [2.24, 2.45) is 0 Å². The fourth-order valence-corrected chi connectivity index (χ4v) is 5.03. The predicted molar refractivity (Wildman–Crippen MR) is 181 cm³/mol. The number of unbranched alkanes of at least 4 members (excludes halogenated alkanes) is 10. The zero-order valence-corrected chi connectivity index (χ0v) is 28.4. The summed E-state index contributed by atoms with van der Waals surface area (Å²) in [5.41, 5.74) is 0.0635. The summed E-state index contributed by atoms with van der Waals surface area (Å²) in [6.45, 7) is 6.55. The molecule has 1 atom stereocenters. The summed E-state index contributed by atoms with van der Waals surface area (Å²) >= 11 is 0. The summed E-state index contributed by atoms with van der Waals surface area (Å²) < 4.78 is 50.8. The third-order valence-electron chi connectivity index (χ3n) is 7.87. The van der Waals surface area contributed by atoms with Crippen molar-refractivity contribution in [3.63, 3.8) is 0 Å². The molecule has 0 aliphatic rings. The molecule has 0 N–H and O–H groups in total. The zero-order chi connectivity index (χ0) is 34.7. The van der Waals surface area contributed by atoms with Crippen molar-refractivity contribution in [3.8, 4) is 17.2 Å². The zero-order valence-electron chi connectivity index (χ0n) is 28.4. The molecule has 3 rings (SSSR count). The standard InChI is InChI=1S/C39H48F2O7/c1-4-6-8-10-11-12-13-15-25-45-35-23-19-31(26-33(35)40)39(44)48-36-24-20-30(27-34(36)41)38(43)47-32-21-17-29(18-22-32)37(42)46-28(3)16-14-9-7-5-2/h17-24,26-28H,4-16,25H2,1-3H3/t28-/m1/s1. The van der Waals surface area contributed by atoms with Gasteiger partial charge in [-0.3, -0.25) is 0 Å². The van der Waals surface area contributed by atoms with Crippen molar-refractivity contribution < 1.29 is 42.1 Å². The minimum Gasteiger partial charge on any atom is -0.491 e. The molecule has 0 heterocycles. The molecule has 0 saturated carbocycles. The Morgan fingerprint density at radius 3 is 1.67 bits per heavy atom. The number of carbonyl (C=O) groups is 3. The SMILES string of the molecule is CCCCCCCCCCOc1ccc(C(=O)Oc2ccc(C(=O)Oc3ccc(C(=O)O[C@H](C)CCCCCC)cc3)cc2F)cc1F. The van der Waals surface area contributed by atoms with Gasteiger partial charge < -0.3 is 18.9 Å². The number of carbonyl (C=O) groups excluding carboxylic acids is 3. The van der Waals surface area contributed by atoms with Gasteiger partial charge >= 0.3 is 17.9 Å². The van der Waals surface area contributed by atoms with Crippen LogP contribution in [0.1, 0.15) is 135 Å². The fraction of sp³-hybridized carbons (Fsp3) is 0.462. The van der Waals surface area contributed by atoms with Crippen LogP contribution in [0.25, 0.3) is 0 Å². The number of benzene rings is 3. The van der Waals surface area contributed by atoms with Gasteiger partial charge in [0.1, 0.15) is 5.75 Å². The van der Waals surface area contributed by atoms with Gasteiger partial charge in [-0.15, -0.1) is 0 Å². The smallest absolute Gasteiger partial charge is 0.343 e. The Labute approximate surface area is 282 Å². The van der Waals surface area contributed by atoms with Crippen LogP contribution in [0.2, 0.25) is 0 Å². The molecule has 0 unspecified atom stereocenters. The molecule has 260 valence electrons. The second-order valence-electron chi connectivity index (χ2n) is 12.0. The van der Waals surface area contributed by atoms with Crippen molar-refractivity contribution in [2.75, 3.05) is 6.61 Å². The van der Waals surface area contributed by atoms with Crippen molar-refractivity contribution >= 4 is 17.9 Å². The maximum Gasteiger partial charge on any atom is 0.343 e. The molecule has 7 nitrogen and oxygen atoms in total. The molecule has 48 heavy (non-hydrogen) atoms. The van der Waals surface area contributed by atoms with E-state index in [9.17, 15) is 23.2 Å². The Balaban J connectivity index is 1.46. The van der Waals surface area contributed by atoms with E-state index in [-0.39, 0.29) is 28.7 Å². The van der Waals surface area contributed by atoms with E-state index in [1.54, 1.807) is 0 Å². The number of halogens is 2. The van der Waals surface area contributed by atoms with Crippen molar-refractivity contribution in [2.45, 2.75) is 110 Å². The second kappa shape index (κ2) is 20.9. The third-order valence-corrected chi connectivity index (χ3v) is 7.87. The minimum atomic E-state index is -0.981. The first-order valence-corrected chi connectivity index (χ1v) is 17.2. The Hall–Kier alpha value is -4.27. The Morgan fingerprint density at radius 1 is 0.583 bits per heavy atom. The van der Waals surface area contributed by atoms with Crippen molar-refractivity contribution in [1.82, 2.24) is 0 Å². The number of rotatable bonds is 21. The quantitative estimate of drug-likeness (QED) is 0.0635. The summed E-state index contributed by atoms with van der Waals surface area (Å²) in [5, 5.41) is 0. The molecule has 0 spiro atoms. The number of esters is 3. The maximum atomic E-state index is 14.8. The fourth-order valence-electron chi connectivity index (χ4n) is 5.03. The molecule has 0 bridgehead atoms. The van der Waals surface area contributed by atoms with Crippen LogP contribution in [0.3, 0.4) is 0 Å². The number of hydrogen-bond acceptors (Lipinski definition) is 7. The molecule has 0 fully saturated rings. The van der Waals surface area contributed by atoms with Crippen LogP contribution >= 0.6 is 0 Å². The van der Waals surface area contributed by atoms with E-state index in [0.29, 0.717) is 12.2 Å². The van der Waals surface area contributed by atoms with Gasteiger partial charge in [0.2, 0.25) is 0 Å².